The van der Waals surface area contributed by atoms with Crippen LogP contribution in [0.5, 0.6) is 0 Å². The van der Waals surface area contributed by atoms with Gasteiger partial charge in [0.05, 0.1) is 0 Å². The van der Waals surface area contributed by atoms with Crippen molar-refractivity contribution in [2.75, 3.05) is 0 Å². The van der Waals surface area contributed by atoms with E-state index in [4.69, 9.17) is 15.7 Å². The first-order valence-electron chi connectivity index (χ1n) is 11.7. The average molecular weight is 462 g/mol. The van der Waals surface area contributed by atoms with E-state index in [9.17, 15) is 4.79 Å². The van der Waals surface area contributed by atoms with E-state index in [1.165, 1.54) is 0 Å². The highest BCUT2D eigenvalue weighted by atomic mass is 32.2. The van der Waals surface area contributed by atoms with E-state index in [1.54, 1.807) is 17.8 Å². The zero-order valence-electron chi connectivity index (χ0n) is 20.3. The van der Waals surface area contributed by atoms with Gasteiger partial charge in [0, 0.05) is 17.4 Å². The lowest BCUT2D eigenvalue weighted by Crippen LogP contribution is -2.46. The maximum absolute atomic E-state index is 13.1. The summed E-state index contributed by atoms with van der Waals surface area (Å²) in [6, 6.07) is 10.2. The lowest BCUT2D eigenvalue weighted by atomic mass is 9.94. The fraction of sp³-hybridized carbons (Fsp3) is 0.654. The van der Waals surface area contributed by atoms with E-state index in [-0.39, 0.29) is 23.2 Å². The molecule has 0 bridgehead atoms. The van der Waals surface area contributed by atoms with Crippen molar-refractivity contribution in [1.29, 1.82) is 0 Å². The molecular weight excluding hydrogens is 420 g/mol. The SMILES string of the molecule is [CH]=CCCCCC[C@H](CC1(Sc2ccccc2)C[C@H](C)OC1=O)O[Si](C)(C)C(C)(C)C. The molecule has 173 valence electrons. The van der Waals surface area contributed by atoms with Crippen LogP contribution in [-0.2, 0) is 14.0 Å². The van der Waals surface area contributed by atoms with Crippen LogP contribution in [0.15, 0.2) is 41.3 Å². The molecule has 1 unspecified atom stereocenters. The topological polar surface area (TPSA) is 35.5 Å². The molecule has 0 spiro atoms. The summed E-state index contributed by atoms with van der Waals surface area (Å²) in [4.78, 5) is 14.2. The van der Waals surface area contributed by atoms with Gasteiger partial charge in [-0.25, -0.2) is 0 Å². The van der Waals surface area contributed by atoms with Gasteiger partial charge in [-0.3, -0.25) is 4.79 Å². The molecular formula is C26H41O3SSi. The van der Waals surface area contributed by atoms with Gasteiger partial charge in [0.15, 0.2) is 8.32 Å². The van der Waals surface area contributed by atoms with Gasteiger partial charge in [-0.05, 0) is 62.9 Å². The Morgan fingerprint density at radius 3 is 2.48 bits per heavy atom. The Balaban J connectivity index is 2.23. The van der Waals surface area contributed by atoms with Gasteiger partial charge in [0.1, 0.15) is 10.9 Å². The number of cyclic esters (lactones) is 1. The van der Waals surface area contributed by atoms with Crippen LogP contribution in [0.25, 0.3) is 0 Å². The number of carbonyl (C=O) groups excluding carboxylic acids is 1. The standard InChI is InChI=1S/C26H41O3SSi/c1-8-9-10-11-13-16-22(29-31(6,7)25(3,4)5)20-26(19-21(2)28-24(26)27)30-23-17-14-12-15-18-23/h1,8,12,14-15,17-18,21-22H,9-11,13,16,19-20H2,2-7H3/t21-,22+,26?/m0/s1. The van der Waals surface area contributed by atoms with Gasteiger partial charge in [0.25, 0.3) is 0 Å². The molecule has 3 nitrogen and oxygen atoms in total. The molecule has 3 atom stereocenters. The van der Waals surface area contributed by atoms with Gasteiger partial charge >= 0.3 is 5.97 Å². The number of benzene rings is 1. The molecule has 1 aromatic rings. The number of allylic oxidation sites excluding steroid dienone is 1. The second kappa shape index (κ2) is 11.2. The molecule has 31 heavy (non-hydrogen) atoms. The molecule has 1 heterocycles. The maximum atomic E-state index is 13.1. The highest BCUT2D eigenvalue weighted by molar-refractivity contribution is 8.01. The zero-order chi connectivity index (χ0) is 23.1. The normalized spacial score (nSPS) is 22.9. The van der Waals surface area contributed by atoms with E-state index in [0.717, 1.165) is 43.4 Å². The Labute approximate surface area is 195 Å². The number of rotatable bonds is 12. The first kappa shape index (κ1) is 26.2. The first-order valence-corrected chi connectivity index (χ1v) is 15.4. The van der Waals surface area contributed by atoms with Crippen LogP contribution in [0, 0.1) is 6.58 Å². The van der Waals surface area contributed by atoms with Crippen LogP contribution in [0.1, 0.15) is 72.6 Å². The molecule has 1 radical (unpaired) electrons. The maximum Gasteiger partial charge on any atom is 0.323 e. The Bertz CT molecular complexity index is 713. The van der Waals surface area contributed by atoms with E-state index < -0.39 is 13.1 Å². The molecule has 5 heteroatoms. The van der Waals surface area contributed by atoms with Crippen molar-refractivity contribution in [3.8, 4) is 0 Å². The summed E-state index contributed by atoms with van der Waals surface area (Å²) in [6.07, 6.45) is 8.40. The number of unbranched alkanes of at least 4 members (excludes halogenated alkanes) is 3. The number of carbonyl (C=O) groups is 1. The van der Waals surface area contributed by atoms with Crippen LogP contribution in [0.2, 0.25) is 18.1 Å². The second-order valence-electron chi connectivity index (χ2n) is 10.4. The van der Waals surface area contributed by atoms with Crippen LogP contribution in [-0.4, -0.2) is 31.2 Å². The number of hydrogen-bond acceptors (Lipinski definition) is 4. The fourth-order valence-electron chi connectivity index (χ4n) is 3.86. The van der Waals surface area contributed by atoms with Crippen LogP contribution >= 0.6 is 11.8 Å². The van der Waals surface area contributed by atoms with Gasteiger partial charge in [-0.15, -0.1) is 11.8 Å². The molecule has 0 aromatic heterocycles. The van der Waals surface area contributed by atoms with Crippen LogP contribution < -0.4 is 0 Å². The van der Waals surface area contributed by atoms with Gasteiger partial charge in [-0.1, -0.05) is 64.5 Å². The molecule has 0 N–H and O–H groups in total. The Morgan fingerprint density at radius 2 is 1.94 bits per heavy atom. The van der Waals surface area contributed by atoms with Crippen molar-refractivity contribution in [2.45, 2.75) is 113 Å². The lowest BCUT2D eigenvalue weighted by Gasteiger charge is -2.41. The van der Waals surface area contributed by atoms with E-state index in [0.29, 0.717) is 6.42 Å². The molecule has 1 aromatic carbocycles. The van der Waals surface area contributed by atoms with Crippen molar-refractivity contribution < 1.29 is 14.0 Å². The van der Waals surface area contributed by atoms with Crippen LogP contribution in [0.4, 0.5) is 0 Å². The second-order valence-corrected chi connectivity index (χ2v) is 16.6. The molecule has 0 aliphatic carbocycles. The third-order valence-electron chi connectivity index (χ3n) is 6.58. The Morgan fingerprint density at radius 1 is 1.26 bits per heavy atom. The number of thioether (sulfide) groups is 1. The third kappa shape index (κ3) is 7.50. The minimum atomic E-state index is -1.97. The molecule has 1 aliphatic heterocycles. The van der Waals surface area contributed by atoms with Gasteiger partial charge < -0.3 is 9.16 Å². The minimum absolute atomic E-state index is 0.0526. The largest absolute Gasteiger partial charge is 0.462 e. The van der Waals surface area contributed by atoms with Gasteiger partial charge in [0.2, 0.25) is 0 Å². The number of esters is 1. The van der Waals surface area contributed by atoms with Crippen molar-refractivity contribution in [2.24, 2.45) is 0 Å². The fourth-order valence-corrected chi connectivity index (χ4v) is 6.71. The highest BCUT2D eigenvalue weighted by Crippen LogP contribution is 2.47. The zero-order valence-corrected chi connectivity index (χ0v) is 22.1. The summed E-state index contributed by atoms with van der Waals surface area (Å²) >= 11 is 1.66. The summed E-state index contributed by atoms with van der Waals surface area (Å²) in [5.41, 5.74) is 0. The molecule has 1 aliphatic rings. The predicted octanol–water partition coefficient (Wildman–Crippen LogP) is 7.57. The van der Waals surface area contributed by atoms with Crippen molar-refractivity contribution in [3.05, 3.63) is 43.0 Å². The summed E-state index contributed by atoms with van der Waals surface area (Å²) in [7, 11) is -1.97. The highest BCUT2D eigenvalue weighted by Gasteiger charge is 2.51. The van der Waals surface area contributed by atoms with Crippen molar-refractivity contribution >= 4 is 26.0 Å². The average Bonchev–Trinajstić information content (AvgIpc) is 2.93. The van der Waals surface area contributed by atoms with Crippen LogP contribution in [0.3, 0.4) is 0 Å². The number of hydrogen-bond donors (Lipinski definition) is 0. The molecule has 0 amide bonds. The first-order chi connectivity index (χ1) is 14.5. The quantitative estimate of drug-likeness (QED) is 0.183. The minimum Gasteiger partial charge on any atom is -0.462 e. The van der Waals surface area contributed by atoms with Crippen molar-refractivity contribution in [3.63, 3.8) is 0 Å². The van der Waals surface area contributed by atoms with E-state index in [1.807, 2.05) is 25.1 Å². The lowest BCUT2D eigenvalue weighted by molar-refractivity contribution is -0.143. The third-order valence-corrected chi connectivity index (χ3v) is 12.5. The summed E-state index contributed by atoms with van der Waals surface area (Å²) in [6.45, 7) is 18.9. The van der Waals surface area contributed by atoms with Crippen molar-refractivity contribution in [1.82, 2.24) is 0 Å². The molecule has 2 rings (SSSR count). The summed E-state index contributed by atoms with van der Waals surface area (Å²) in [5, 5.41) is 0.128. The monoisotopic (exact) mass is 461 g/mol. The summed E-state index contributed by atoms with van der Waals surface area (Å²) in [5.74, 6) is -0.0876. The van der Waals surface area contributed by atoms with Gasteiger partial charge in [-0.2, -0.15) is 0 Å². The Kier molecular flexibility index (Phi) is 9.47. The predicted molar refractivity (Wildman–Crippen MR) is 134 cm³/mol. The van der Waals surface area contributed by atoms with E-state index >= 15 is 0 Å². The summed E-state index contributed by atoms with van der Waals surface area (Å²) < 4.78 is 12.0. The molecule has 1 saturated heterocycles. The smallest absolute Gasteiger partial charge is 0.323 e. The molecule has 1 fully saturated rings. The molecule has 0 saturated carbocycles. The number of ether oxygens (including phenoxy) is 1. The van der Waals surface area contributed by atoms with E-state index in [2.05, 4.69) is 46.0 Å². The Hall–Kier alpha value is -1.04.